The van der Waals surface area contributed by atoms with Crippen molar-refractivity contribution in [2.45, 2.75) is 44.0 Å². The van der Waals surface area contributed by atoms with Gasteiger partial charge in [-0.05, 0) is 12.8 Å². The quantitative estimate of drug-likeness (QED) is 0.337. The van der Waals surface area contributed by atoms with E-state index < -0.39 is 30.0 Å². The Bertz CT molecular complexity index is 281. The van der Waals surface area contributed by atoms with Crippen LogP contribution in [0.25, 0.3) is 0 Å². The smallest absolute Gasteiger partial charge is 0.455 e. The van der Waals surface area contributed by atoms with Gasteiger partial charge in [-0.25, -0.2) is 0 Å². The van der Waals surface area contributed by atoms with Gasteiger partial charge in [-0.2, -0.15) is 13.2 Å². The Kier molecular flexibility index (Phi) is 6.95. The Morgan fingerprint density at radius 3 is 2.37 bits per heavy atom. The monoisotopic (exact) mass is 300 g/mol. The van der Waals surface area contributed by atoms with Gasteiger partial charge in [0, 0.05) is 18.5 Å². The summed E-state index contributed by atoms with van der Waals surface area (Å²) in [6.07, 6.45) is 5.66. The minimum absolute atomic E-state index is 0.169. The molecule has 112 valence electrons. The van der Waals surface area contributed by atoms with Gasteiger partial charge in [0.2, 0.25) is 0 Å². The fraction of sp³-hybridized carbons (Fsp3) is 0.909. The van der Waals surface area contributed by atoms with Crippen molar-refractivity contribution in [3.8, 4) is 0 Å². The van der Waals surface area contributed by atoms with Crippen LogP contribution >= 0.6 is 11.9 Å². The number of alkyl halides is 3. The first-order valence-electron chi connectivity index (χ1n) is 6.25. The fourth-order valence-corrected chi connectivity index (χ4v) is 2.41. The molecule has 8 heteroatoms. The highest BCUT2D eigenvalue weighted by Crippen LogP contribution is 2.32. The summed E-state index contributed by atoms with van der Waals surface area (Å²) in [5, 5.41) is 10.8. The van der Waals surface area contributed by atoms with Crippen LogP contribution in [0.5, 0.6) is 0 Å². The summed E-state index contributed by atoms with van der Waals surface area (Å²) in [5.74, 6) is -0.565. The number of rotatable bonds is 5. The molecule has 1 aliphatic carbocycles. The normalized spacial score (nSPS) is 18.4. The van der Waals surface area contributed by atoms with Gasteiger partial charge in [-0.1, -0.05) is 25.7 Å². The number of nitrogens with zero attached hydrogens (tertiary/aromatic N) is 1. The van der Waals surface area contributed by atoms with Crippen molar-refractivity contribution in [1.29, 1.82) is 0 Å². The Morgan fingerprint density at radius 1 is 1.26 bits per heavy atom. The van der Waals surface area contributed by atoms with E-state index in [1.807, 2.05) is 0 Å². The zero-order valence-electron chi connectivity index (χ0n) is 10.4. The van der Waals surface area contributed by atoms with Gasteiger partial charge in [0.05, 0.1) is 5.92 Å². The van der Waals surface area contributed by atoms with Gasteiger partial charge >= 0.3 is 11.5 Å². The SMILES string of the molecule is O=C(OCCN([O-])SC(F)(F)F)C1CCCCCC1. The fourth-order valence-electron chi connectivity index (χ4n) is 2.01. The second-order valence-electron chi connectivity index (χ2n) is 4.45. The molecule has 0 saturated heterocycles. The molecule has 0 amide bonds. The van der Waals surface area contributed by atoms with E-state index in [-0.39, 0.29) is 17.0 Å². The van der Waals surface area contributed by atoms with Crippen LogP contribution in [-0.4, -0.2) is 29.1 Å². The molecule has 0 unspecified atom stereocenters. The summed E-state index contributed by atoms with van der Waals surface area (Å²) in [7, 11) is 0. The lowest BCUT2D eigenvalue weighted by Crippen LogP contribution is -2.24. The topological polar surface area (TPSA) is 52.6 Å². The summed E-state index contributed by atoms with van der Waals surface area (Å²) < 4.78 is 40.2. The first kappa shape index (κ1) is 16.6. The molecule has 0 atom stereocenters. The molecule has 1 fully saturated rings. The lowest BCUT2D eigenvalue weighted by atomic mass is 10.0. The molecule has 0 radical (unpaired) electrons. The van der Waals surface area contributed by atoms with Crippen molar-refractivity contribution in [2.75, 3.05) is 13.2 Å². The van der Waals surface area contributed by atoms with Crippen LogP contribution in [0, 0.1) is 11.1 Å². The minimum atomic E-state index is -4.60. The van der Waals surface area contributed by atoms with Crippen LogP contribution in [0.1, 0.15) is 38.5 Å². The molecule has 0 bridgehead atoms. The second kappa shape index (κ2) is 7.96. The van der Waals surface area contributed by atoms with Crippen LogP contribution in [0.4, 0.5) is 13.2 Å². The summed E-state index contributed by atoms with van der Waals surface area (Å²) in [4.78, 5) is 11.6. The first-order chi connectivity index (χ1) is 8.88. The Balaban J connectivity index is 2.19. The summed E-state index contributed by atoms with van der Waals surface area (Å²) >= 11 is -0.766. The van der Waals surface area contributed by atoms with Gasteiger partial charge < -0.3 is 14.4 Å². The van der Waals surface area contributed by atoms with Crippen molar-refractivity contribution < 1.29 is 22.7 Å². The zero-order valence-corrected chi connectivity index (χ0v) is 11.3. The predicted octanol–water partition coefficient (Wildman–Crippen LogP) is 3.47. The predicted molar refractivity (Wildman–Crippen MR) is 65.9 cm³/mol. The minimum Gasteiger partial charge on any atom is -0.775 e. The molecule has 1 rings (SSSR count). The van der Waals surface area contributed by atoms with Crippen molar-refractivity contribution >= 4 is 17.9 Å². The lowest BCUT2D eigenvalue weighted by molar-refractivity contribution is -0.149. The van der Waals surface area contributed by atoms with Crippen LogP contribution in [-0.2, 0) is 9.53 Å². The molecule has 0 aromatic carbocycles. The Morgan fingerprint density at radius 2 is 1.84 bits per heavy atom. The highest BCUT2D eigenvalue weighted by Gasteiger charge is 2.29. The van der Waals surface area contributed by atoms with E-state index >= 15 is 0 Å². The molecule has 1 aliphatic rings. The highest BCUT2D eigenvalue weighted by atomic mass is 32.2. The lowest BCUT2D eigenvalue weighted by Gasteiger charge is -2.26. The van der Waals surface area contributed by atoms with Crippen LogP contribution in [0.2, 0.25) is 0 Å². The van der Waals surface area contributed by atoms with Crippen molar-refractivity contribution in [2.24, 2.45) is 5.92 Å². The van der Waals surface area contributed by atoms with Crippen LogP contribution in [0.3, 0.4) is 0 Å². The number of hydroxylamine groups is 1. The van der Waals surface area contributed by atoms with E-state index in [9.17, 15) is 23.2 Å². The molecule has 0 spiro atoms. The zero-order chi connectivity index (χ0) is 14.3. The number of esters is 1. The van der Waals surface area contributed by atoms with Gasteiger partial charge in [-0.15, -0.1) is 0 Å². The molecular formula is C11H17F3NO3S-. The van der Waals surface area contributed by atoms with E-state index in [4.69, 9.17) is 4.74 Å². The standard InChI is InChI=1S/C11H17F3NO3S/c12-11(13,14)19-15(17)7-8-18-10(16)9-5-3-1-2-4-6-9/h9H,1-8H2/q-1. The average molecular weight is 300 g/mol. The first-order valence-corrected chi connectivity index (χ1v) is 7.03. The van der Waals surface area contributed by atoms with E-state index in [2.05, 4.69) is 0 Å². The maximum absolute atomic E-state index is 11.8. The number of ether oxygens (including phenoxy) is 1. The number of carbonyl (C=O) groups is 1. The third-order valence-corrected chi connectivity index (χ3v) is 3.51. The summed E-state index contributed by atoms with van der Waals surface area (Å²) in [5.41, 5.74) is -4.60. The van der Waals surface area contributed by atoms with Crippen molar-refractivity contribution in [3.05, 3.63) is 5.21 Å². The molecule has 0 aliphatic heterocycles. The van der Waals surface area contributed by atoms with Gasteiger partial charge in [-0.3, -0.25) is 4.79 Å². The highest BCUT2D eigenvalue weighted by molar-refractivity contribution is 7.97. The average Bonchev–Trinajstić information content (AvgIpc) is 2.54. The summed E-state index contributed by atoms with van der Waals surface area (Å²) in [6.45, 7) is -0.787. The number of halogens is 3. The Labute approximate surface area is 114 Å². The largest absolute Gasteiger partial charge is 0.775 e. The second-order valence-corrected chi connectivity index (χ2v) is 5.50. The van der Waals surface area contributed by atoms with Crippen LogP contribution in [0.15, 0.2) is 0 Å². The van der Waals surface area contributed by atoms with Gasteiger partial charge in [0.25, 0.3) is 0 Å². The molecule has 0 aromatic rings. The van der Waals surface area contributed by atoms with E-state index in [1.54, 1.807) is 0 Å². The van der Waals surface area contributed by atoms with Crippen molar-refractivity contribution in [3.63, 3.8) is 0 Å². The molecular weight excluding hydrogens is 283 g/mol. The molecule has 4 nitrogen and oxygen atoms in total. The Hall–Kier alpha value is -0.470. The molecule has 19 heavy (non-hydrogen) atoms. The maximum Gasteiger partial charge on any atom is 0.455 e. The molecule has 0 N–H and O–H groups in total. The third-order valence-electron chi connectivity index (χ3n) is 2.91. The maximum atomic E-state index is 11.8. The van der Waals surface area contributed by atoms with Gasteiger partial charge in [0.1, 0.15) is 6.61 Å². The van der Waals surface area contributed by atoms with Crippen LogP contribution < -0.4 is 0 Å². The molecule has 1 saturated carbocycles. The molecule has 0 heterocycles. The number of hydrogen-bond acceptors (Lipinski definition) is 5. The van der Waals surface area contributed by atoms with E-state index in [1.165, 1.54) is 0 Å². The number of hydrogen-bond donors (Lipinski definition) is 0. The third kappa shape index (κ3) is 7.64. The van der Waals surface area contributed by atoms with E-state index in [0.717, 1.165) is 38.5 Å². The summed E-state index contributed by atoms with van der Waals surface area (Å²) in [6, 6.07) is 0. The number of carbonyl (C=O) groups excluding carboxylic acids is 1. The molecule has 0 aromatic heterocycles. The van der Waals surface area contributed by atoms with Gasteiger partial charge in [0.15, 0.2) is 0 Å². The van der Waals surface area contributed by atoms with Crippen molar-refractivity contribution in [1.82, 2.24) is 4.47 Å². The van der Waals surface area contributed by atoms with E-state index in [0.29, 0.717) is 0 Å².